The summed E-state index contributed by atoms with van der Waals surface area (Å²) >= 11 is 0. The number of likely N-dealkylation sites (tertiary alicyclic amines) is 1. The number of benzene rings is 2. The summed E-state index contributed by atoms with van der Waals surface area (Å²) in [6.07, 6.45) is 6.83. The molecule has 4 rings (SSSR count). The normalized spacial score (nSPS) is 17.2. The molecule has 2 aromatic carbocycles. The van der Waals surface area contributed by atoms with Crippen molar-refractivity contribution in [2.75, 3.05) is 13.2 Å². The molecular formula is C28H31N3O4. The van der Waals surface area contributed by atoms with Gasteiger partial charge in [-0.15, -0.1) is 0 Å². The molecule has 1 saturated heterocycles. The average molecular weight is 474 g/mol. The number of ether oxygens (including phenoxy) is 1. The van der Waals surface area contributed by atoms with Crippen molar-refractivity contribution in [2.24, 2.45) is 0 Å². The number of ketones is 1. The molecule has 1 aliphatic heterocycles. The molecule has 0 spiro atoms. The molecule has 3 aromatic rings. The minimum Gasteiger partial charge on any atom is -0.507 e. The van der Waals surface area contributed by atoms with Crippen LogP contribution < -0.4 is 4.74 Å². The first-order valence-corrected chi connectivity index (χ1v) is 11.9. The van der Waals surface area contributed by atoms with Crippen molar-refractivity contribution >= 4 is 17.4 Å². The molecule has 0 bridgehead atoms. The van der Waals surface area contributed by atoms with Crippen LogP contribution in [0.2, 0.25) is 0 Å². The third kappa shape index (κ3) is 5.14. The van der Waals surface area contributed by atoms with Crippen molar-refractivity contribution < 1.29 is 19.4 Å². The smallest absolute Gasteiger partial charge is 0.295 e. The maximum atomic E-state index is 13.3. The highest BCUT2D eigenvalue weighted by molar-refractivity contribution is 6.46. The summed E-state index contributed by atoms with van der Waals surface area (Å²) in [5.41, 5.74) is 3.23. The lowest BCUT2D eigenvalue weighted by atomic mass is 9.93. The van der Waals surface area contributed by atoms with Crippen molar-refractivity contribution in [1.82, 2.24) is 14.5 Å². The Morgan fingerprint density at radius 3 is 2.54 bits per heavy atom. The number of amides is 1. The highest BCUT2D eigenvalue weighted by atomic mass is 16.5. The molecule has 0 radical (unpaired) electrons. The van der Waals surface area contributed by atoms with E-state index in [1.54, 1.807) is 17.4 Å². The van der Waals surface area contributed by atoms with Gasteiger partial charge in [-0.1, -0.05) is 36.8 Å². The Morgan fingerprint density at radius 1 is 1.09 bits per heavy atom. The van der Waals surface area contributed by atoms with Crippen LogP contribution in [0.4, 0.5) is 0 Å². The van der Waals surface area contributed by atoms with Crippen LogP contribution in [0.25, 0.3) is 5.76 Å². The molecule has 1 amide bonds. The molecule has 0 aliphatic carbocycles. The molecule has 1 N–H and O–H groups in total. The van der Waals surface area contributed by atoms with Crippen molar-refractivity contribution in [3.05, 3.63) is 89.0 Å². The van der Waals surface area contributed by atoms with Gasteiger partial charge < -0.3 is 19.3 Å². The predicted molar refractivity (Wildman–Crippen MR) is 134 cm³/mol. The summed E-state index contributed by atoms with van der Waals surface area (Å²) in [5.74, 6) is -0.679. The van der Waals surface area contributed by atoms with E-state index in [9.17, 15) is 14.7 Å². The minimum atomic E-state index is -0.682. The number of hydrogen-bond donors (Lipinski definition) is 1. The van der Waals surface area contributed by atoms with Gasteiger partial charge in [-0.25, -0.2) is 4.98 Å². The number of aryl methyl sites for hydroxylation is 3. The fraction of sp³-hybridized carbons (Fsp3) is 0.321. The number of carbonyl (C=O) groups excluding carboxylic acids is 2. The average Bonchev–Trinajstić information content (AvgIpc) is 3.46. The molecule has 1 atom stereocenters. The van der Waals surface area contributed by atoms with Gasteiger partial charge in [0.1, 0.15) is 11.5 Å². The van der Waals surface area contributed by atoms with Gasteiger partial charge in [0, 0.05) is 31.0 Å². The zero-order valence-corrected chi connectivity index (χ0v) is 20.4. The lowest BCUT2D eigenvalue weighted by Crippen LogP contribution is -2.31. The van der Waals surface area contributed by atoms with Gasteiger partial charge in [0.25, 0.3) is 11.7 Å². The monoisotopic (exact) mass is 473 g/mol. The molecule has 182 valence electrons. The molecule has 7 heteroatoms. The summed E-state index contributed by atoms with van der Waals surface area (Å²) < 4.78 is 7.64. The third-order valence-electron chi connectivity index (χ3n) is 6.23. The van der Waals surface area contributed by atoms with Crippen LogP contribution in [-0.2, 0) is 16.1 Å². The second-order valence-electron chi connectivity index (χ2n) is 8.88. The Labute approximate surface area is 205 Å². The third-order valence-corrected chi connectivity index (χ3v) is 6.23. The molecule has 35 heavy (non-hydrogen) atoms. The van der Waals surface area contributed by atoms with Crippen molar-refractivity contribution in [1.29, 1.82) is 0 Å². The molecule has 0 saturated carbocycles. The first-order valence-electron chi connectivity index (χ1n) is 11.9. The number of imidazole rings is 1. The summed E-state index contributed by atoms with van der Waals surface area (Å²) in [5, 5.41) is 11.4. The molecule has 1 fully saturated rings. The van der Waals surface area contributed by atoms with E-state index in [4.69, 9.17) is 4.74 Å². The second kappa shape index (κ2) is 10.6. The largest absolute Gasteiger partial charge is 0.507 e. The topological polar surface area (TPSA) is 84.7 Å². The van der Waals surface area contributed by atoms with Crippen LogP contribution in [0.15, 0.2) is 66.8 Å². The number of aliphatic hydroxyl groups excluding tert-OH is 1. The van der Waals surface area contributed by atoms with Crippen LogP contribution in [0.3, 0.4) is 0 Å². The first kappa shape index (κ1) is 24.3. The maximum absolute atomic E-state index is 13.3. The van der Waals surface area contributed by atoms with Crippen LogP contribution in [0.1, 0.15) is 48.1 Å². The number of Topliss-reactive ketones (excluding diaryl/α,β-unsaturated/α-hetero) is 1. The number of rotatable bonds is 9. The van der Waals surface area contributed by atoms with Gasteiger partial charge in [0.05, 0.1) is 24.5 Å². The van der Waals surface area contributed by atoms with E-state index in [0.717, 1.165) is 28.9 Å². The standard InChI is InChI=1S/C28H31N3O4/c1-4-16-35-22-10-8-21(9-11-22)25-24(26(32)23-17-19(2)6-7-20(23)3)27(33)28(34)31(25)14-5-13-30-15-12-29-18-30/h6-12,15,17-18,25,32H,4-5,13-14,16H2,1-3H3/b26-24+. The zero-order valence-electron chi connectivity index (χ0n) is 20.4. The molecule has 2 heterocycles. The van der Waals surface area contributed by atoms with E-state index in [1.165, 1.54) is 0 Å². The van der Waals surface area contributed by atoms with E-state index in [0.29, 0.717) is 31.7 Å². The van der Waals surface area contributed by atoms with Gasteiger partial charge in [-0.05, 0) is 56.0 Å². The van der Waals surface area contributed by atoms with Crippen LogP contribution in [0, 0.1) is 13.8 Å². The van der Waals surface area contributed by atoms with Gasteiger partial charge in [0.2, 0.25) is 0 Å². The van der Waals surface area contributed by atoms with Crippen molar-refractivity contribution in [2.45, 2.75) is 46.2 Å². The van der Waals surface area contributed by atoms with E-state index >= 15 is 0 Å². The molecule has 1 unspecified atom stereocenters. The highest BCUT2D eigenvalue weighted by Gasteiger charge is 2.45. The number of nitrogens with zero attached hydrogens (tertiary/aromatic N) is 3. The van der Waals surface area contributed by atoms with Gasteiger partial charge in [-0.2, -0.15) is 0 Å². The summed E-state index contributed by atoms with van der Waals surface area (Å²) in [6, 6.07) is 12.4. The van der Waals surface area contributed by atoms with E-state index in [2.05, 4.69) is 4.98 Å². The Hall–Kier alpha value is -3.87. The van der Waals surface area contributed by atoms with Crippen molar-refractivity contribution in [3.8, 4) is 5.75 Å². The molecule has 1 aromatic heterocycles. The SMILES string of the molecule is CCCOc1ccc(C2/C(=C(\O)c3cc(C)ccc3C)C(=O)C(=O)N2CCCn2ccnc2)cc1. The van der Waals surface area contributed by atoms with Gasteiger partial charge in [0.15, 0.2) is 0 Å². The number of aliphatic hydroxyl groups is 1. The van der Waals surface area contributed by atoms with E-state index in [1.807, 2.05) is 74.0 Å². The van der Waals surface area contributed by atoms with Crippen LogP contribution >= 0.6 is 0 Å². The fourth-order valence-electron chi connectivity index (χ4n) is 4.40. The lowest BCUT2D eigenvalue weighted by molar-refractivity contribution is -0.139. The Kier molecular flexibility index (Phi) is 7.34. The molecule has 1 aliphatic rings. The predicted octanol–water partition coefficient (Wildman–Crippen LogP) is 4.80. The summed E-state index contributed by atoms with van der Waals surface area (Å²) in [6.45, 7) is 7.49. The van der Waals surface area contributed by atoms with Crippen LogP contribution in [-0.4, -0.2) is 44.4 Å². The molecule has 7 nitrogen and oxygen atoms in total. The summed E-state index contributed by atoms with van der Waals surface area (Å²) in [4.78, 5) is 32.1. The van der Waals surface area contributed by atoms with Gasteiger partial charge >= 0.3 is 0 Å². The number of aromatic nitrogens is 2. The summed E-state index contributed by atoms with van der Waals surface area (Å²) in [7, 11) is 0. The van der Waals surface area contributed by atoms with Crippen LogP contribution in [0.5, 0.6) is 5.75 Å². The molecular weight excluding hydrogens is 442 g/mol. The first-order chi connectivity index (χ1) is 16.9. The zero-order chi connectivity index (χ0) is 24.9. The lowest BCUT2D eigenvalue weighted by Gasteiger charge is -2.25. The van der Waals surface area contributed by atoms with E-state index in [-0.39, 0.29) is 11.3 Å². The second-order valence-corrected chi connectivity index (χ2v) is 8.88. The Balaban J connectivity index is 1.73. The number of hydrogen-bond acceptors (Lipinski definition) is 5. The van der Waals surface area contributed by atoms with Gasteiger partial charge in [-0.3, -0.25) is 9.59 Å². The number of carbonyl (C=O) groups is 2. The Bertz CT molecular complexity index is 1230. The van der Waals surface area contributed by atoms with Crippen molar-refractivity contribution in [3.63, 3.8) is 0 Å². The maximum Gasteiger partial charge on any atom is 0.295 e. The Morgan fingerprint density at radius 2 is 1.86 bits per heavy atom. The minimum absolute atomic E-state index is 0.119. The fourth-order valence-corrected chi connectivity index (χ4v) is 4.40. The highest BCUT2D eigenvalue weighted by Crippen LogP contribution is 2.40. The quantitative estimate of drug-likeness (QED) is 0.274. The van der Waals surface area contributed by atoms with E-state index < -0.39 is 17.7 Å².